The molecule has 2 aromatic rings. The van der Waals surface area contributed by atoms with Gasteiger partial charge in [-0.3, -0.25) is 9.59 Å². The molecule has 0 aliphatic carbocycles. The van der Waals surface area contributed by atoms with E-state index in [1.807, 2.05) is 32.0 Å². The van der Waals surface area contributed by atoms with Gasteiger partial charge in [0.15, 0.2) is 0 Å². The summed E-state index contributed by atoms with van der Waals surface area (Å²) in [5.41, 5.74) is 2.62. The van der Waals surface area contributed by atoms with Crippen molar-refractivity contribution in [3.05, 3.63) is 53.3 Å². The molecule has 0 radical (unpaired) electrons. The number of rotatable bonds is 5. The molecule has 142 valence electrons. The number of nitrogens with one attached hydrogen (secondary N) is 2. The number of anilines is 1. The van der Waals surface area contributed by atoms with Gasteiger partial charge in [0.05, 0.1) is 6.54 Å². The van der Waals surface area contributed by atoms with Gasteiger partial charge in [-0.2, -0.15) is 0 Å². The Morgan fingerprint density at radius 1 is 1.15 bits per heavy atom. The van der Waals surface area contributed by atoms with Crippen LogP contribution < -0.4 is 15.5 Å². The summed E-state index contributed by atoms with van der Waals surface area (Å²) in [6, 6.07) is 7.45. The van der Waals surface area contributed by atoms with Gasteiger partial charge in [0.1, 0.15) is 0 Å². The number of benzene rings is 1. The first-order valence-electron chi connectivity index (χ1n) is 9.19. The summed E-state index contributed by atoms with van der Waals surface area (Å²) in [7, 11) is 0. The van der Waals surface area contributed by atoms with Crippen molar-refractivity contribution >= 4 is 17.8 Å². The van der Waals surface area contributed by atoms with Crippen LogP contribution in [0, 0.1) is 13.8 Å². The minimum Gasteiger partial charge on any atom is -0.350 e. The molecule has 1 aromatic heterocycles. The van der Waals surface area contributed by atoms with Crippen molar-refractivity contribution in [2.24, 2.45) is 0 Å². The molecule has 1 aromatic carbocycles. The molecule has 2 heterocycles. The van der Waals surface area contributed by atoms with Crippen molar-refractivity contribution in [2.45, 2.75) is 32.7 Å². The van der Waals surface area contributed by atoms with E-state index >= 15 is 0 Å². The summed E-state index contributed by atoms with van der Waals surface area (Å²) in [6.07, 6.45) is 5.29. The highest BCUT2D eigenvalue weighted by molar-refractivity contribution is 5.96. The lowest BCUT2D eigenvalue weighted by atomic mass is 10.1. The number of aromatic nitrogens is 2. The number of piperidine rings is 1. The fourth-order valence-corrected chi connectivity index (χ4v) is 3.38. The Morgan fingerprint density at radius 3 is 2.56 bits per heavy atom. The lowest BCUT2D eigenvalue weighted by molar-refractivity contribution is -0.120. The summed E-state index contributed by atoms with van der Waals surface area (Å²) in [6.45, 7) is 5.40. The summed E-state index contributed by atoms with van der Waals surface area (Å²) in [5.74, 6) is 0.257. The SMILES string of the molecule is Cc1cc(C)cc(C(=O)NCC(=O)NC2CCCN(c3ncccn3)C2)c1. The highest BCUT2D eigenvalue weighted by Crippen LogP contribution is 2.15. The maximum Gasteiger partial charge on any atom is 0.251 e. The molecule has 1 atom stereocenters. The van der Waals surface area contributed by atoms with E-state index in [0.29, 0.717) is 18.1 Å². The zero-order valence-corrected chi connectivity index (χ0v) is 15.7. The average Bonchev–Trinajstić information content (AvgIpc) is 2.66. The number of hydrogen-bond acceptors (Lipinski definition) is 5. The lowest BCUT2D eigenvalue weighted by Crippen LogP contribution is -2.50. The molecule has 3 rings (SSSR count). The predicted molar refractivity (Wildman–Crippen MR) is 104 cm³/mol. The van der Waals surface area contributed by atoms with E-state index in [0.717, 1.165) is 30.5 Å². The van der Waals surface area contributed by atoms with Gasteiger partial charge >= 0.3 is 0 Å². The van der Waals surface area contributed by atoms with Gasteiger partial charge in [0.25, 0.3) is 5.91 Å². The first kappa shape index (κ1) is 18.8. The third-order valence-electron chi connectivity index (χ3n) is 4.51. The van der Waals surface area contributed by atoms with Gasteiger partial charge in [0, 0.05) is 37.1 Å². The summed E-state index contributed by atoms with van der Waals surface area (Å²) in [4.78, 5) is 35.1. The quantitative estimate of drug-likeness (QED) is 0.838. The zero-order valence-electron chi connectivity index (χ0n) is 15.7. The molecular weight excluding hydrogens is 342 g/mol. The molecule has 0 spiro atoms. The van der Waals surface area contributed by atoms with Crippen LogP contribution in [0.15, 0.2) is 36.7 Å². The Labute approximate surface area is 159 Å². The van der Waals surface area contributed by atoms with Crippen molar-refractivity contribution in [2.75, 3.05) is 24.5 Å². The molecule has 0 saturated carbocycles. The Bertz CT molecular complexity index is 789. The average molecular weight is 367 g/mol. The molecule has 2 N–H and O–H groups in total. The van der Waals surface area contributed by atoms with Crippen molar-refractivity contribution in [1.29, 1.82) is 0 Å². The van der Waals surface area contributed by atoms with E-state index in [1.54, 1.807) is 18.5 Å². The number of carbonyl (C=O) groups excluding carboxylic acids is 2. The Balaban J connectivity index is 1.49. The van der Waals surface area contributed by atoms with Gasteiger partial charge in [-0.1, -0.05) is 17.2 Å². The van der Waals surface area contributed by atoms with Crippen LogP contribution >= 0.6 is 0 Å². The molecule has 2 amide bonds. The number of aryl methyl sites for hydroxylation is 2. The standard InChI is InChI=1S/C20H25N5O2/c1-14-9-15(2)11-16(10-14)19(27)23-12-18(26)24-17-5-3-8-25(13-17)20-21-6-4-7-22-20/h4,6-7,9-11,17H,3,5,8,12-13H2,1-2H3,(H,23,27)(H,24,26). The van der Waals surface area contributed by atoms with Crippen LogP contribution in [-0.4, -0.2) is 47.5 Å². The second-order valence-electron chi connectivity index (χ2n) is 6.96. The summed E-state index contributed by atoms with van der Waals surface area (Å²) < 4.78 is 0. The number of carbonyl (C=O) groups is 2. The fraction of sp³-hybridized carbons (Fsp3) is 0.400. The number of nitrogens with zero attached hydrogens (tertiary/aromatic N) is 3. The minimum absolute atomic E-state index is 0.0215. The second-order valence-corrected chi connectivity index (χ2v) is 6.96. The van der Waals surface area contributed by atoms with E-state index in [1.165, 1.54) is 0 Å². The molecule has 1 fully saturated rings. The van der Waals surface area contributed by atoms with Crippen molar-refractivity contribution in [3.63, 3.8) is 0 Å². The normalized spacial score (nSPS) is 16.7. The summed E-state index contributed by atoms with van der Waals surface area (Å²) in [5, 5.41) is 5.69. The van der Waals surface area contributed by atoms with Crippen LogP contribution in [0.25, 0.3) is 0 Å². The Morgan fingerprint density at radius 2 is 1.85 bits per heavy atom. The van der Waals surface area contributed by atoms with Crippen LogP contribution in [0.3, 0.4) is 0 Å². The zero-order chi connectivity index (χ0) is 19.2. The van der Waals surface area contributed by atoms with E-state index in [2.05, 4.69) is 25.5 Å². The highest BCUT2D eigenvalue weighted by Gasteiger charge is 2.23. The van der Waals surface area contributed by atoms with E-state index < -0.39 is 0 Å². The van der Waals surface area contributed by atoms with Crippen LogP contribution in [-0.2, 0) is 4.79 Å². The Kier molecular flexibility index (Phi) is 6.01. The van der Waals surface area contributed by atoms with Gasteiger partial charge in [0.2, 0.25) is 11.9 Å². The molecule has 7 nitrogen and oxygen atoms in total. The topological polar surface area (TPSA) is 87.2 Å². The van der Waals surface area contributed by atoms with E-state index in [9.17, 15) is 9.59 Å². The molecule has 1 aliphatic heterocycles. The monoisotopic (exact) mass is 367 g/mol. The predicted octanol–water partition coefficient (Wildman–Crippen LogP) is 1.61. The second kappa shape index (κ2) is 8.62. The fourth-order valence-electron chi connectivity index (χ4n) is 3.38. The number of amides is 2. The van der Waals surface area contributed by atoms with E-state index in [4.69, 9.17) is 0 Å². The first-order chi connectivity index (χ1) is 13.0. The van der Waals surface area contributed by atoms with Crippen LogP contribution in [0.2, 0.25) is 0 Å². The van der Waals surface area contributed by atoms with Crippen molar-refractivity contribution in [1.82, 2.24) is 20.6 Å². The maximum atomic E-state index is 12.3. The van der Waals surface area contributed by atoms with Crippen LogP contribution in [0.4, 0.5) is 5.95 Å². The molecule has 1 unspecified atom stereocenters. The largest absolute Gasteiger partial charge is 0.350 e. The Hall–Kier alpha value is -2.96. The minimum atomic E-state index is -0.236. The summed E-state index contributed by atoms with van der Waals surface area (Å²) >= 11 is 0. The van der Waals surface area contributed by atoms with Crippen LogP contribution in [0.5, 0.6) is 0 Å². The van der Waals surface area contributed by atoms with Crippen molar-refractivity contribution < 1.29 is 9.59 Å². The molecule has 1 aliphatic rings. The highest BCUT2D eigenvalue weighted by atomic mass is 16.2. The smallest absolute Gasteiger partial charge is 0.251 e. The molecular formula is C20H25N5O2. The van der Waals surface area contributed by atoms with E-state index in [-0.39, 0.29) is 24.4 Å². The van der Waals surface area contributed by atoms with Crippen molar-refractivity contribution in [3.8, 4) is 0 Å². The third-order valence-corrected chi connectivity index (χ3v) is 4.51. The molecule has 27 heavy (non-hydrogen) atoms. The molecule has 1 saturated heterocycles. The molecule has 0 bridgehead atoms. The number of hydrogen-bond donors (Lipinski definition) is 2. The first-order valence-corrected chi connectivity index (χ1v) is 9.19. The van der Waals surface area contributed by atoms with Gasteiger partial charge in [-0.25, -0.2) is 9.97 Å². The lowest BCUT2D eigenvalue weighted by Gasteiger charge is -2.33. The van der Waals surface area contributed by atoms with Gasteiger partial charge < -0.3 is 15.5 Å². The molecule has 7 heteroatoms. The maximum absolute atomic E-state index is 12.3. The van der Waals surface area contributed by atoms with Gasteiger partial charge in [-0.05, 0) is 44.9 Å². The van der Waals surface area contributed by atoms with Gasteiger partial charge in [-0.15, -0.1) is 0 Å². The third kappa shape index (κ3) is 5.26. The van der Waals surface area contributed by atoms with Crippen LogP contribution in [0.1, 0.15) is 34.3 Å².